The number of non-ortho nitro benzene ring substituents is 1. The summed E-state index contributed by atoms with van der Waals surface area (Å²) in [5, 5.41) is 10.8. The molecule has 1 fully saturated rings. The fourth-order valence-corrected chi connectivity index (χ4v) is 4.73. The van der Waals surface area contributed by atoms with Crippen LogP contribution < -0.4 is 0 Å². The SMILES string of the molecule is CCC1CCCN1S(=O)(=O)c1cc([N+](=O)[O-])ccc1Cl. The van der Waals surface area contributed by atoms with E-state index in [9.17, 15) is 18.5 Å². The number of halogens is 1. The zero-order valence-corrected chi connectivity index (χ0v) is 12.5. The van der Waals surface area contributed by atoms with Crippen molar-refractivity contribution in [3.05, 3.63) is 33.3 Å². The summed E-state index contributed by atoms with van der Waals surface area (Å²) in [5.74, 6) is 0. The highest BCUT2D eigenvalue weighted by atomic mass is 35.5. The van der Waals surface area contributed by atoms with Crippen molar-refractivity contribution < 1.29 is 13.3 Å². The minimum Gasteiger partial charge on any atom is -0.258 e. The summed E-state index contributed by atoms with van der Waals surface area (Å²) in [6.45, 7) is 2.35. The Bertz CT molecular complexity index is 632. The van der Waals surface area contributed by atoms with Gasteiger partial charge in [0.05, 0.1) is 9.95 Å². The lowest BCUT2D eigenvalue weighted by Crippen LogP contribution is -2.35. The molecule has 0 amide bonds. The molecule has 0 spiro atoms. The molecule has 1 unspecified atom stereocenters. The van der Waals surface area contributed by atoms with Crippen LogP contribution in [0.3, 0.4) is 0 Å². The van der Waals surface area contributed by atoms with E-state index in [2.05, 4.69) is 0 Å². The van der Waals surface area contributed by atoms with Gasteiger partial charge in [-0.05, 0) is 25.3 Å². The number of hydrogen-bond acceptors (Lipinski definition) is 4. The lowest BCUT2D eigenvalue weighted by molar-refractivity contribution is -0.385. The van der Waals surface area contributed by atoms with E-state index < -0.39 is 14.9 Å². The van der Waals surface area contributed by atoms with E-state index in [1.165, 1.54) is 16.4 Å². The van der Waals surface area contributed by atoms with Gasteiger partial charge >= 0.3 is 0 Å². The van der Waals surface area contributed by atoms with E-state index in [1.807, 2.05) is 6.92 Å². The van der Waals surface area contributed by atoms with Crippen LogP contribution in [0.1, 0.15) is 26.2 Å². The largest absolute Gasteiger partial charge is 0.270 e. The molecule has 0 aliphatic carbocycles. The summed E-state index contributed by atoms with van der Waals surface area (Å²) in [4.78, 5) is 9.97. The van der Waals surface area contributed by atoms with E-state index in [0.29, 0.717) is 13.0 Å². The van der Waals surface area contributed by atoms with Crippen LogP contribution >= 0.6 is 11.6 Å². The molecule has 1 aromatic rings. The molecule has 6 nitrogen and oxygen atoms in total. The molecule has 1 aliphatic rings. The summed E-state index contributed by atoms with van der Waals surface area (Å²) in [6.07, 6.45) is 2.32. The van der Waals surface area contributed by atoms with E-state index in [4.69, 9.17) is 11.6 Å². The molecule has 0 bridgehead atoms. The first kappa shape index (κ1) is 15.2. The lowest BCUT2D eigenvalue weighted by Gasteiger charge is -2.23. The first-order valence-electron chi connectivity index (χ1n) is 6.33. The van der Waals surface area contributed by atoms with E-state index in [-0.39, 0.29) is 21.6 Å². The highest BCUT2D eigenvalue weighted by Crippen LogP contribution is 2.33. The fraction of sp³-hybridized carbons (Fsp3) is 0.500. The number of sulfonamides is 1. The van der Waals surface area contributed by atoms with Gasteiger partial charge in [-0.1, -0.05) is 18.5 Å². The maximum atomic E-state index is 12.6. The smallest absolute Gasteiger partial charge is 0.258 e. The van der Waals surface area contributed by atoms with Crippen LogP contribution in [0, 0.1) is 10.1 Å². The molecule has 1 atom stereocenters. The van der Waals surface area contributed by atoms with Gasteiger partial charge in [0, 0.05) is 24.7 Å². The highest BCUT2D eigenvalue weighted by Gasteiger charge is 2.36. The van der Waals surface area contributed by atoms with Gasteiger partial charge in [0.2, 0.25) is 10.0 Å². The van der Waals surface area contributed by atoms with Crippen LogP contribution in [0.5, 0.6) is 0 Å². The Morgan fingerprint density at radius 1 is 1.50 bits per heavy atom. The first-order chi connectivity index (χ1) is 9.37. The quantitative estimate of drug-likeness (QED) is 0.631. The van der Waals surface area contributed by atoms with Gasteiger partial charge in [0.1, 0.15) is 4.90 Å². The number of nitrogens with zero attached hydrogens (tertiary/aromatic N) is 2. The van der Waals surface area contributed by atoms with Crippen molar-refractivity contribution in [3.8, 4) is 0 Å². The Morgan fingerprint density at radius 2 is 2.20 bits per heavy atom. The normalized spacial score (nSPS) is 20.2. The zero-order chi connectivity index (χ0) is 14.9. The molecular weight excluding hydrogens is 304 g/mol. The van der Waals surface area contributed by atoms with Crippen molar-refractivity contribution >= 4 is 27.3 Å². The van der Waals surface area contributed by atoms with Crippen molar-refractivity contribution in [2.75, 3.05) is 6.54 Å². The molecule has 0 N–H and O–H groups in total. The minimum atomic E-state index is -3.79. The second-order valence-electron chi connectivity index (χ2n) is 4.69. The number of hydrogen-bond donors (Lipinski definition) is 0. The lowest BCUT2D eigenvalue weighted by atomic mass is 10.2. The summed E-state index contributed by atoms with van der Waals surface area (Å²) >= 11 is 5.93. The maximum Gasteiger partial charge on any atom is 0.270 e. The molecular formula is C12H15ClN2O4S. The summed E-state index contributed by atoms with van der Waals surface area (Å²) < 4.78 is 26.6. The molecule has 8 heteroatoms. The Balaban J connectivity index is 2.48. The molecule has 20 heavy (non-hydrogen) atoms. The van der Waals surface area contributed by atoms with Gasteiger partial charge < -0.3 is 0 Å². The predicted molar refractivity (Wildman–Crippen MR) is 75.3 cm³/mol. The monoisotopic (exact) mass is 318 g/mol. The molecule has 0 saturated carbocycles. The van der Waals surface area contributed by atoms with Crippen LogP contribution in [0.25, 0.3) is 0 Å². The van der Waals surface area contributed by atoms with E-state index >= 15 is 0 Å². The van der Waals surface area contributed by atoms with Crippen LogP contribution in [0.4, 0.5) is 5.69 Å². The van der Waals surface area contributed by atoms with Crippen LogP contribution in [-0.4, -0.2) is 30.2 Å². The Hall–Kier alpha value is -1.18. The first-order valence-corrected chi connectivity index (χ1v) is 8.15. The second-order valence-corrected chi connectivity index (χ2v) is 6.96. The van der Waals surface area contributed by atoms with Gasteiger partial charge in [-0.15, -0.1) is 0 Å². The fourth-order valence-electron chi connectivity index (χ4n) is 2.46. The predicted octanol–water partition coefficient (Wildman–Crippen LogP) is 2.81. The maximum absolute atomic E-state index is 12.6. The summed E-state index contributed by atoms with van der Waals surface area (Å²) in [6, 6.07) is 3.42. The van der Waals surface area contributed by atoms with Crippen molar-refractivity contribution in [3.63, 3.8) is 0 Å². The van der Waals surface area contributed by atoms with Crippen LogP contribution in [0.2, 0.25) is 5.02 Å². The van der Waals surface area contributed by atoms with Crippen molar-refractivity contribution in [1.82, 2.24) is 4.31 Å². The second kappa shape index (κ2) is 5.67. The van der Waals surface area contributed by atoms with Gasteiger partial charge in [-0.2, -0.15) is 4.31 Å². The van der Waals surface area contributed by atoms with Crippen molar-refractivity contribution in [2.45, 2.75) is 37.1 Å². The number of nitro benzene ring substituents is 1. The third-order valence-corrected chi connectivity index (χ3v) is 5.94. The molecule has 1 heterocycles. The van der Waals surface area contributed by atoms with Gasteiger partial charge in [-0.3, -0.25) is 10.1 Å². The molecule has 0 aromatic heterocycles. The molecule has 0 radical (unpaired) electrons. The highest BCUT2D eigenvalue weighted by molar-refractivity contribution is 7.89. The summed E-state index contributed by atoms with van der Waals surface area (Å²) in [7, 11) is -3.79. The van der Waals surface area contributed by atoms with Gasteiger partial charge in [0.25, 0.3) is 5.69 Å². The molecule has 1 saturated heterocycles. The zero-order valence-electron chi connectivity index (χ0n) is 11.0. The van der Waals surface area contributed by atoms with Crippen LogP contribution in [-0.2, 0) is 10.0 Å². The van der Waals surface area contributed by atoms with E-state index in [1.54, 1.807) is 0 Å². The Morgan fingerprint density at radius 3 is 2.80 bits per heavy atom. The number of nitro groups is 1. The van der Waals surface area contributed by atoms with Gasteiger partial charge in [-0.25, -0.2) is 8.42 Å². The molecule has 2 rings (SSSR count). The Kier molecular flexibility index (Phi) is 4.31. The van der Waals surface area contributed by atoms with Crippen molar-refractivity contribution in [2.24, 2.45) is 0 Å². The topological polar surface area (TPSA) is 80.5 Å². The summed E-state index contributed by atoms with van der Waals surface area (Å²) in [5.41, 5.74) is -0.278. The number of rotatable bonds is 4. The average Bonchev–Trinajstić information content (AvgIpc) is 2.87. The van der Waals surface area contributed by atoms with Gasteiger partial charge in [0.15, 0.2) is 0 Å². The number of benzene rings is 1. The third-order valence-electron chi connectivity index (χ3n) is 3.51. The van der Waals surface area contributed by atoms with E-state index in [0.717, 1.165) is 18.9 Å². The molecule has 1 aliphatic heterocycles. The molecule has 110 valence electrons. The van der Waals surface area contributed by atoms with Crippen LogP contribution in [0.15, 0.2) is 23.1 Å². The minimum absolute atomic E-state index is 0.0114. The average molecular weight is 319 g/mol. The van der Waals surface area contributed by atoms with Crippen molar-refractivity contribution in [1.29, 1.82) is 0 Å². The molecule has 1 aromatic carbocycles. The third kappa shape index (κ3) is 2.65. The Labute approximate surface area is 122 Å². The standard InChI is InChI=1S/C12H15ClN2O4S/c1-2-9-4-3-7-14(9)20(18,19)12-8-10(15(16)17)5-6-11(12)13/h5-6,8-9H,2-4,7H2,1H3.